The average Bonchev–Trinajstić information content (AvgIpc) is 3.17. The van der Waals surface area contributed by atoms with Crippen LogP contribution in [0.5, 0.6) is 0 Å². The number of carbonyl (C=O) groups excluding carboxylic acids is 2. The van der Waals surface area contributed by atoms with Crippen LogP contribution in [-0.2, 0) is 14.8 Å². The Morgan fingerprint density at radius 1 is 1.21 bits per heavy atom. The molecule has 2 N–H and O–H groups in total. The highest BCUT2D eigenvalue weighted by molar-refractivity contribution is 7.90. The van der Waals surface area contributed by atoms with Gasteiger partial charge in [0.05, 0.1) is 17.3 Å². The van der Waals surface area contributed by atoms with Crippen molar-refractivity contribution in [3.05, 3.63) is 36.0 Å². The van der Waals surface area contributed by atoms with Gasteiger partial charge in [-0.2, -0.15) is 5.26 Å². The molecule has 0 saturated heterocycles. The van der Waals surface area contributed by atoms with Gasteiger partial charge in [0.25, 0.3) is 5.91 Å². The molecule has 1 aromatic heterocycles. The third-order valence-corrected chi connectivity index (χ3v) is 7.08. The van der Waals surface area contributed by atoms with Gasteiger partial charge in [0.2, 0.25) is 15.9 Å². The molecule has 1 heterocycles. The molecule has 0 unspecified atom stereocenters. The van der Waals surface area contributed by atoms with E-state index in [1.807, 2.05) is 6.07 Å². The number of aromatic nitrogens is 1. The average molecular weight is 417 g/mol. The van der Waals surface area contributed by atoms with E-state index in [0.29, 0.717) is 29.3 Å². The number of rotatable bonds is 6. The van der Waals surface area contributed by atoms with Crippen molar-refractivity contribution >= 4 is 32.7 Å². The van der Waals surface area contributed by atoms with Crippen LogP contribution in [0.3, 0.4) is 0 Å². The van der Waals surface area contributed by atoms with Crippen LogP contribution < -0.4 is 10.6 Å². The zero-order chi connectivity index (χ0) is 21.1. The number of hydrogen-bond donors (Lipinski definition) is 2. The van der Waals surface area contributed by atoms with Gasteiger partial charge in [0, 0.05) is 17.1 Å². The van der Waals surface area contributed by atoms with Crippen molar-refractivity contribution in [3.8, 4) is 6.07 Å². The second-order valence-electron chi connectivity index (χ2n) is 7.19. The molecule has 0 radical (unpaired) electrons. The largest absolute Gasteiger partial charge is 0.341 e. The summed E-state index contributed by atoms with van der Waals surface area (Å²) in [5.74, 6) is -0.850. The molecular formula is C20H24N4O4S. The third-order valence-electron chi connectivity index (χ3n) is 5.43. The monoisotopic (exact) mass is 416 g/mol. The van der Waals surface area contributed by atoms with E-state index in [0.717, 1.165) is 19.3 Å². The number of benzene rings is 1. The molecule has 0 spiro atoms. The van der Waals surface area contributed by atoms with Crippen molar-refractivity contribution in [1.82, 2.24) is 14.6 Å². The lowest BCUT2D eigenvalue weighted by Gasteiger charge is -2.36. The second-order valence-corrected chi connectivity index (χ2v) is 9.32. The number of amides is 2. The highest BCUT2D eigenvalue weighted by Gasteiger charge is 2.41. The van der Waals surface area contributed by atoms with Gasteiger partial charge in [-0.25, -0.2) is 12.4 Å². The summed E-state index contributed by atoms with van der Waals surface area (Å²) in [6.45, 7) is 1.44. The molecule has 8 nitrogen and oxygen atoms in total. The van der Waals surface area contributed by atoms with E-state index in [-0.39, 0.29) is 18.2 Å². The van der Waals surface area contributed by atoms with Crippen LogP contribution in [0.25, 0.3) is 10.9 Å². The number of hydrogen-bond acceptors (Lipinski definition) is 5. The number of nitriles is 1. The summed E-state index contributed by atoms with van der Waals surface area (Å²) in [5, 5.41) is 14.7. The van der Waals surface area contributed by atoms with E-state index >= 15 is 0 Å². The lowest BCUT2D eigenvalue weighted by atomic mass is 9.80. The zero-order valence-corrected chi connectivity index (χ0v) is 17.1. The maximum absolute atomic E-state index is 13.1. The van der Waals surface area contributed by atoms with Gasteiger partial charge in [-0.3, -0.25) is 9.59 Å². The van der Waals surface area contributed by atoms with Crippen LogP contribution in [0.1, 0.15) is 49.4 Å². The number of fused-ring (bicyclic) bond motifs is 1. The quantitative estimate of drug-likeness (QED) is 0.697. The highest BCUT2D eigenvalue weighted by Crippen LogP contribution is 2.30. The molecular weight excluding hydrogens is 392 g/mol. The Morgan fingerprint density at radius 3 is 2.59 bits per heavy atom. The summed E-state index contributed by atoms with van der Waals surface area (Å²) in [6.07, 6.45) is 5.02. The predicted octanol–water partition coefficient (Wildman–Crippen LogP) is 1.91. The molecule has 0 bridgehead atoms. The van der Waals surface area contributed by atoms with Crippen LogP contribution in [-0.4, -0.2) is 42.0 Å². The molecule has 1 saturated carbocycles. The fraction of sp³-hybridized carbons (Fsp3) is 0.450. The van der Waals surface area contributed by atoms with Crippen molar-refractivity contribution in [2.75, 3.05) is 12.3 Å². The maximum atomic E-state index is 13.1. The molecule has 1 aromatic carbocycles. The highest BCUT2D eigenvalue weighted by atomic mass is 32.2. The second kappa shape index (κ2) is 8.25. The normalized spacial score (nSPS) is 16.1. The third kappa shape index (κ3) is 3.98. The first-order chi connectivity index (χ1) is 13.8. The summed E-state index contributed by atoms with van der Waals surface area (Å²) in [4.78, 5) is 25.8. The molecule has 1 aliphatic rings. The standard InChI is InChI=1S/C20H24N4O4S/c1-2-29(27,28)24-14-9-15-16(7-6-8-17(15)24)18(25)23-20(10-4-3-5-11-20)19(26)22-13-12-21/h6-9,14H,2-5,10-11,13H2,1H3,(H,22,26)(H,23,25). The van der Waals surface area contributed by atoms with Gasteiger partial charge in [-0.05, 0) is 38.0 Å². The fourth-order valence-corrected chi connectivity index (χ4v) is 4.84. The molecule has 1 fully saturated rings. The zero-order valence-electron chi connectivity index (χ0n) is 16.3. The molecule has 1 aliphatic carbocycles. The van der Waals surface area contributed by atoms with E-state index in [1.54, 1.807) is 31.2 Å². The maximum Gasteiger partial charge on any atom is 0.252 e. The van der Waals surface area contributed by atoms with Crippen LogP contribution in [0, 0.1) is 11.3 Å². The molecule has 3 rings (SSSR count). The summed E-state index contributed by atoms with van der Waals surface area (Å²) in [6, 6.07) is 8.37. The molecule has 0 atom stereocenters. The first-order valence-corrected chi connectivity index (χ1v) is 11.3. The van der Waals surface area contributed by atoms with E-state index < -0.39 is 21.5 Å². The summed E-state index contributed by atoms with van der Waals surface area (Å²) < 4.78 is 25.8. The molecule has 154 valence electrons. The van der Waals surface area contributed by atoms with Gasteiger partial charge in [0.1, 0.15) is 12.1 Å². The number of nitrogens with zero attached hydrogens (tertiary/aromatic N) is 2. The van der Waals surface area contributed by atoms with Gasteiger partial charge in [-0.1, -0.05) is 25.3 Å². The lowest BCUT2D eigenvalue weighted by Crippen LogP contribution is -2.59. The Kier molecular flexibility index (Phi) is 5.94. The number of nitrogens with one attached hydrogen (secondary N) is 2. The van der Waals surface area contributed by atoms with Crippen molar-refractivity contribution in [2.45, 2.75) is 44.6 Å². The van der Waals surface area contributed by atoms with Gasteiger partial charge in [0.15, 0.2) is 0 Å². The van der Waals surface area contributed by atoms with Crippen LogP contribution in [0.4, 0.5) is 0 Å². The Morgan fingerprint density at radius 2 is 1.93 bits per heavy atom. The van der Waals surface area contributed by atoms with Crippen LogP contribution in [0.15, 0.2) is 30.5 Å². The molecule has 2 amide bonds. The Bertz CT molecular complexity index is 1080. The smallest absolute Gasteiger partial charge is 0.252 e. The molecule has 9 heteroatoms. The summed E-state index contributed by atoms with van der Waals surface area (Å²) >= 11 is 0. The fourth-order valence-electron chi connectivity index (χ4n) is 3.86. The van der Waals surface area contributed by atoms with Crippen molar-refractivity contribution in [3.63, 3.8) is 0 Å². The Labute approximate surface area is 169 Å². The van der Waals surface area contributed by atoms with Crippen molar-refractivity contribution < 1.29 is 18.0 Å². The van der Waals surface area contributed by atoms with Crippen molar-refractivity contribution in [1.29, 1.82) is 5.26 Å². The van der Waals surface area contributed by atoms with E-state index in [4.69, 9.17) is 5.26 Å². The van der Waals surface area contributed by atoms with E-state index in [2.05, 4.69) is 10.6 Å². The minimum Gasteiger partial charge on any atom is -0.341 e. The van der Waals surface area contributed by atoms with Gasteiger partial charge >= 0.3 is 0 Å². The van der Waals surface area contributed by atoms with Gasteiger partial charge in [-0.15, -0.1) is 0 Å². The molecule has 2 aromatic rings. The van der Waals surface area contributed by atoms with Crippen LogP contribution >= 0.6 is 0 Å². The SMILES string of the molecule is CCS(=O)(=O)n1ccc2c(C(=O)NC3(C(=O)NCC#N)CCCCC3)cccc21. The first-order valence-electron chi connectivity index (χ1n) is 9.66. The molecule has 29 heavy (non-hydrogen) atoms. The van der Waals surface area contributed by atoms with Gasteiger partial charge < -0.3 is 10.6 Å². The van der Waals surface area contributed by atoms with E-state index in [9.17, 15) is 18.0 Å². The predicted molar refractivity (Wildman–Crippen MR) is 109 cm³/mol. The summed E-state index contributed by atoms with van der Waals surface area (Å²) in [7, 11) is -3.50. The van der Waals surface area contributed by atoms with Crippen molar-refractivity contribution in [2.24, 2.45) is 0 Å². The number of carbonyl (C=O) groups is 2. The molecule has 0 aliphatic heterocycles. The summed E-state index contributed by atoms with van der Waals surface area (Å²) in [5.41, 5.74) is -0.330. The lowest BCUT2D eigenvalue weighted by molar-refractivity contribution is -0.128. The minimum atomic E-state index is -3.50. The minimum absolute atomic E-state index is 0.0601. The Hall–Kier alpha value is -2.86. The van der Waals surface area contributed by atoms with Crippen LogP contribution in [0.2, 0.25) is 0 Å². The Balaban J connectivity index is 1.96. The topological polar surface area (TPSA) is 121 Å². The van der Waals surface area contributed by atoms with E-state index in [1.165, 1.54) is 10.2 Å². The first kappa shape index (κ1) is 20.9.